The number of nitrogens with zero attached hydrogens (tertiary/aromatic N) is 1. The Morgan fingerprint density at radius 1 is 1.20 bits per heavy atom. The third-order valence-electron chi connectivity index (χ3n) is 2.22. The zero-order valence-corrected chi connectivity index (χ0v) is 10.3. The first-order chi connectivity index (χ1) is 7.10. The Kier molecular flexibility index (Phi) is 2.95. The van der Waals surface area contributed by atoms with Crippen molar-refractivity contribution in [2.45, 2.75) is 4.90 Å². The molecule has 0 fully saturated rings. The summed E-state index contributed by atoms with van der Waals surface area (Å²) in [7, 11) is -3.32. The molecule has 3 nitrogen and oxygen atoms in total. The van der Waals surface area contributed by atoms with Crippen LogP contribution >= 0.6 is 15.9 Å². The van der Waals surface area contributed by atoms with Gasteiger partial charge in [-0.05, 0) is 18.2 Å². The zero-order valence-electron chi connectivity index (χ0n) is 7.93. The van der Waals surface area contributed by atoms with Crippen LogP contribution in [0.5, 0.6) is 0 Å². The van der Waals surface area contributed by atoms with Gasteiger partial charge in [0, 0.05) is 17.6 Å². The summed E-state index contributed by atoms with van der Waals surface area (Å²) >= 11 is 3.26. The molecule has 0 saturated carbocycles. The van der Waals surface area contributed by atoms with Crippen LogP contribution in [0.2, 0.25) is 0 Å². The minimum atomic E-state index is -3.32. The average Bonchev–Trinajstić information content (AvgIpc) is 2.71. The first-order valence-electron chi connectivity index (χ1n) is 4.51. The van der Waals surface area contributed by atoms with Crippen molar-refractivity contribution in [1.82, 2.24) is 4.31 Å². The molecule has 0 spiro atoms. The normalized spacial score (nSPS) is 17.1. The number of rotatable bonds is 2. The fourth-order valence-corrected chi connectivity index (χ4v) is 3.37. The van der Waals surface area contributed by atoms with E-state index in [0.717, 1.165) is 4.47 Å². The van der Waals surface area contributed by atoms with E-state index in [1.54, 1.807) is 24.3 Å². The number of sulfonamides is 1. The fraction of sp³-hybridized carbons (Fsp3) is 0.200. The van der Waals surface area contributed by atoms with Gasteiger partial charge in [0.1, 0.15) is 0 Å². The highest BCUT2D eigenvalue weighted by atomic mass is 79.9. The summed E-state index contributed by atoms with van der Waals surface area (Å²) in [5.41, 5.74) is 0. The molecule has 1 aromatic carbocycles. The van der Waals surface area contributed by atoms with Crippen molar-refractivity contribution in [2.24, 2.45) is 0 Å². The molecule has 0 amide bonds. The maximum Gasteiger partial charge on any atom is 0.243 e. The molecule has 0 N–H and O–H groups in total. The van der Waals surface area contributed by atoms with Crippen LogP contribution in [-0.2, 0) is 10.0 Å². The molecule has 0 saturated heterocycles. The molecule has 0 aliphatic carbocycles. The second-order valence-corrected chi connectivity index (χ2v) is 6.10. The van der Waals surface area contributed by atoms with E-state index in [1.807, 2.05) is 12.2 Å². The lowest BCUT2D eigenvalue weighted by atomic mass is 10.4. The highest BCUT2D eigenvalue weighted by Gasteiger charge is 2.24. The van der Waals surface area contributed by atoms with Crippen LogP contribution in [0.4, 0.5) is 0 Å². The molecule has 0 unspecified atom stereocenters. The highest BCUT2D eigenvalue weighted by Crippen LogP contribution is 2.21. The van der Waals surface area contributed by atoms with Crippen molar-refractivity contribution in [2.75, 3.05) is 13.1 Å². The number of benzene rings is 1. The summed E-state index contributed by atoms with van der Waals surface area (Å²) < 4.78 is 26.3. The van der Waals surface area contributed by atoms with Crippen molar-refractivity contribution in [3.8, 4) is 0 Å². The van der Waals surface area contributed by atoms with E-state index in [1.165, 1.54) is 4.31 Å². The lowest BCUT2D eigenvalue weighted by molar-refractivity contribution is 0.488. The molecule has 80 valence electrons. The lowest BCUT2D eigenvalue weighted by Gasteiger charge is -2.15. The van der Waals surface area contributed by atoms with Gasteiger partial charge in [0.05, 0.1) is 4.90 Å². The van der Waals surface area contributed by atoms with Gasteiger partial charge in [0.15, 0.2) is 0 Å². The number of hydrogen-bond donors (Lipinski definition) is 0. The standard InChI is InChI=1S/C10H10BrNO2S/c11-9-4-3-5-10(8-9)15(13,14)12-6-1-2-7-12/h1-5,8H,6-7H2. The van der Waals surface area contributed by atoms with E-state index < -0.39 is 10.0 Å². The predicted molar refractivity (Wildman–Crippen MR) is 62.0 cm³/mol. The van der Waals surface area contributed by atoms with Crippen LogP contribution in [0.3, 0.4) is 0 Å². The molecule has 1 aliphatic heterocycles. The Morgan fingerprint density at radius 2 is 1.87 bits per heavy atom. The molecule has 1 aromatic rings. The van der Waals surface area contributed by atoms with Gasteiger partial charge in [-0.25, -0.2) is 8.42 Å². The molecule has 0 aromatic heterocycles. The summed E-state index contributed by atoms with van der Waals surface area (Å²) in [5, 5.41) is 0. The summed E-state index contributed by atoms with van der Waals surface area (Å²) in [6.45, 7) is 0.934. The zero-order chi connectivity index (χ0) is 10.9. The van der Waals surface area contributed by atoms with Gasteiger partial charge in [-0.3, -0.25) is 0 Å². The second-order valence-electron chi connectivity index (χ2n) is 3.25. The topological polar surface area (TPSA) is 37.4 Å². The Hall–Kier alpha value is -0.650. The smallest absolute Gasteiger partial charge is 0.207 e. The summed E-state index contributed by atoms with van der Waals surface area (Å²) in [4.78, 5) is 0.334. The SMILES string of the molecule is O=S(=O)(c1cccc(Br)c1)N1CC=CC1. The van der Waals surface area contributed by atoms with Crippen molar-refractivity contribution < 1.29 is 8.42 Å². The maximum absolute atomic E-state index is 12.1. The molecular formula is C10H10BrNO2S. The van der Waals surface area contributed by atoms with E-state index in [2.05, 4.69) is 15.9 Å². The molecule has 0 atom stereocenters. The van der Waals surface area contributed by atoms with E-state index in [4.69, 9.17) is 0 Å². The van der Waals surface area contributed by atoms with Crippen molar-refractivity contribution >= 4 is 26.0 Å². The van der Waals surface area contributed by atoms with E-state index in [-0.39, 0.29) is 0 Å². The first-order valence-corrected chi connectivity index (χ1v) is 6.75. The van der Waals surface area contributed by atoms with Gasteiger partial charge in [-0.1, -0.05) is 34.1 Å². The Bertz CT molecular complexity index is 488. The van der Waals surface area contributed by atoms with Crippen LogP contribution < -0.4 is 0 Å². The van der Waals surface area contributed by atoms with Gasteiger partial charge >= 0.3 is 0 Å². The van der Waals surface area contributed by atoms with Crippen LogP contribution in [0, 0.1) is 0 Å². The highest BCUT2D eigenvalue weighted by molar-refractivity contribution is 9.10. The molecule has 0 radical (unpaired) electrons. The Balaban J connectivity index is 2.37. The average molecular weight is 288 g/mol. The molecule has 2 rings (SSSR count). The van der Waals surface area contributed by atoms with Crippen LogP contribution in [0.1, 0.15) is 0 Å². The van der Waals surface area contributed by atoms with Gasteiger partial charge in [0.25, 0.3) is 0 Å². The monoisotopic (exact) mass is 287 g/mol. The molecule has 5 heteroatoms. The fourth-order valence-electron chi connectivity index (χ4n) is 1.43. The van der Waals surface area contributed by atoms with Crippen molar-refractivity contribution in [1.29, 1.82) is 0 Å². The largest absolute Gasteiger partial charge is 0.243 e. The second kappa shape index (κ2) is 4.08. The van der Waals surface area contributed by atoms with Crippen LogP contribution in [0.25, 0.3) is 0 Å². The van der Waals surface area contributed by atoms with E-state index in [0.29, 0.717) is 18.0 Å². The lowest BCUT2D eigenvalue weighted by Crippen LogP contribution is -2.28. The molecule has 15 heavy (non-hydrogen) atoms. The van der Waals surface area contributed by atoms with Crippen molar-refractivity contribution in [3.63, 3.8) is 0 Å². The predicted octanol–water partition coefficient (Wildman–Crippen LogP) is 2.01. The molecule has 1 aliphatic rings. The van der Waals surface area contributed by atoms with Gasteiger partial charge in [-0.15, -0.1) is 0 Å². The molecule has 0 bridgehead atoms. The van der Waals surface area contributed by atoms with Gasteiger partial charge < -0.3 is 0 Å². The Morgan fingerprint density at radius 3 is 2.47 bits per heavy atom. The quantitative estimate of drug-likeness (QED) is 0.781. The summed E-state index contributed by atoms with van der Waals surface area (Å²) in [5.74, 6) is 0. The van der Waals surface area contributed by atoms with E-state index in [9.17, 15) is 8.42 Å². The van der Waals surface area contributed by atoms with Crippen LogP contribution in [-0.4, -0.2) is 25.8 Å². The van der Waals surface area contributed by atoms with Gasteiger partial charge in [-0.2, -0.15) is 4.31 Å². The van der Waals surface area contributed by atoms with Crippen LogP contribution in [0.15, 0.2) is 45.8 Å². The minimum absolute atomic E-state index is 0.334. The maximum atomic E-state index is 12.1. The third kappa shape index (κ3) is 2.14. The minimum Gasteiger partial charge on any atom is -0.207 e. The molecule has 1 heterocycles. The number of halogens is 1. The summed E-state index contributed by atoms with van der Waals surface area (Å²) in [6, 6.07) is 6.76. The van der Waals surface area contributed by atoms with E-state index >= 15 is 0 Å². The first kappa shape index (κ1) is 10.9. The van der Waals surface area contributed by atoms with Gasteiger partial charge in [0.2, 0.25) is 10.0 Å². The summed E-state index contributed by atoms with van der Waals surface area (Å²) in [6.07, 6.45) is 3.71. The number of hydrogen-bond acceptors (Lipinski definition) is 2. The Labute approximate surface area is 97.6 Å². The molecular weight excluding hydrogens is 278 g/mol. The van der Waals surface area contributed by atoms with Crippen molar-refractivity contribution in [3.05, 3.63) is 40.9 Å². The third-order valence-corrected chi connectivity index (χ3v) is 4.54.